The Morgan fingerprint density at radius 3 is 2.56 bits per heavy atom. The number of hydrogen-bond acceptors (Lipinski definition) is 4. The lowest BCUT2D eigenvalue weighted by molar-refractivity contribution is 0.933. The quantitative estimate of drug-likeness (QED) is 0.531. The fraction of sp³-hybridized carbons (Fsp3) is 0. The molecule has 0 aliphatic rings. The summed E-state index contributed by atoms with van der Waals surface area (Å²) < 4.78 is 0. The zero-order chi connectivity index (χ0) is 13.0. The number of nitrogens with two attached hydrogens (primary N) is 1. The van der Waals surface area contributed by atoms with Crippen LogP contribution in [0.4, 0.5) is 5.69 Å². The summed E-state index contributed by atoms with van der Waals surface area (Å²) >= 11 is 7.34. The molecule has 2 N–H and O–H groups in total. The summed E-state index contributed by atoms with van der Waals surface area (Å²) in [5.74, 6) is 0.396. The fourth-order valence-electron chi connectivity index (χ4n) is 1.32. The van der Waals surface area contributed by atoms with Crippen molar-refractivity contribution in [3.8, 4) is 0 Å². The monoisotopic (exact) mass is 278 g/mol. The van der Waals surface area contributed by atoms with Crippen molar-refractivity contribution in [2.24, 2.45) is 15.9 Å². The molecule has 1 aromatic heterocycles. The largest absolute Gasteiger partial charge is 0.381 e. The van der Waals surface area contributed by atoms with Crippen LogP contribution >= 0.6 is 22.9 Å². The van der Waals surface area contributed by atoms with Gasteiger partial charge in [0.15, 0.2) is 5.84 Å². The summed E-state index contributed by atoms with van der Waals surface area (Å²) in [7, 11) is 0. The van der Waals surface area contributed by atoms with Gasteiger partial charge in [-0.25, -0.2) is 0 Å². The molecule has 0 amide bonds. The lowest BCUT2D eigenvalue weighted by Crippen LogP contribution is -2.18. The SMILES string of the molecule is C=NN(/N=C(\N)c1cccs1)c1ccc(Cl)cc1. The van der Waals surface area contributed by atoms with E-state index in [-0.39, 0.29) is 0 Å². The predicted octanol–water partition coefficient (Wildman–Crippen LogP) is 3.14. The third-order valence-electron chi connectivity index (χ3n) is 2.17. The van der Waals surface area contributed by atoms with Crippen molar-refractivity contribution in [3.05, 3.63) is 51.7 Å². The molecule has 6 heteroatoms. The van der Waals surface area contributed by atoms with E-state index in [9.17, 15) is 0 Å². The van der Waals surface area contributed by atoms with Crippen molar-refractivity contribution in [2.45, 2.75) is 0 Å². The van der Waals surface area contributed by atoms with Gasteiger partial charge in [-0.3, -0.25) is 0 Å². The van der Waals surface area contributed by atoms with Crippen LogP contribution in [0.3, 0.4) is 0 Å². The van der Waals surface area contributed by atoms with Crippen LogP contribution in [-0.4, -0.2) is 12.6 Å². The highest BCUT2D eigenvalue weighted by Gasteiger charge is 2.05. The number of halogens is 1. The Labute approximate surface area is 114 Å². The van der Waals surface area contributed by atoms with Crippen molar-refractivity contribution in [3.63, 3.8) is 0 Å². The van der Waals surface area contributed by atoms with Crippen molar-refractivity contribution < 1.29 is 0 Å². The molecule has 4 nitrogen and oxygen atoms in total. The fourth-order valence-corrected chi connectivity index (χ4v) is 2.07. The molecule has 2 rings (SSSR count). The molecular formula is C12H11ClN4S. The molecular weight excluding hydrogens is 268 g/mol. The number of anilines is 1. The van der Waals surface area contributed by atoms with Gasteiger partial charge in [-0.2, -0.15) is 10.2 Å². The van der Waals surface area contributed by atoms with E-state index in [4.69, 9.17) is 17.3 Å². The second kappa shape index (κ2) is 5.66. The van der Waals surface area contributed by atoms with Crippen LogP contribution in [-0.2, 0) is 0 Å². The maximum Gasteiger partial charge on any atom is 0.163 e. The van der Waals surface area contributed by atoms with Crippen molar-refractivity contribution in [1.82, 2.24) is 0 Å². The van der Waals surface area contributed by atoms with E-state index in [2.05, 4.69) is 16.9 Å². The Bertz CT molecular complexity index is 548. The number of amidine groups is 1. The maximum absolute atomic E-state index is 5.89. The van der Waals surface area contributed by atoms with Crippen LogP contribution in [0.1, 0.15) is 4.88 Å². The minimum Gasteiger partial charge on any atom is -0.381 e. The molecule has 0 atom stereocenters. The van der Waals surface area contributed by atoms with Crippen LogP contribution in [0.15, 0.2) is 52.0 Å². The van der Waals surface area contributed by atoms with Gasteiger partial charge in [0.2, 0.25) is 0 Å². The molecule has 0 aliphatic carbocycles. The highest BCUT2D eigenvalue weighted by molar-refractivity contribution is 7.12. The average molecular weight is 279 g/mol. The minimum absolute atomic E-state index is 0.396. The zero-order valence-electron chi connectivity index (χ0n) is 9.45. The average Bonchev–Trinajstić information content (AvgIpc) is 2.91. The van der Waals surface area contributed by atoms with Gasteiger partial charge in [0.25, 0.3) is 0 Å². The summed E-state index contributed by atoms with van der Waals surface area (Å²) in [6, 6.07) is 10.9. The lowest BCUT2D eigenvalue weighted by atomic mass is 10.3. The summed E-state index contributed by atoms with van der Waals surface area (Å²) in [5, 5.41) is 12.0. The Kier molecular flexibility index (Phi) is 3.96. The third-order valence-corrected chi connectivity index (χ3v) is 3.31. The molecule has 18 heavy (non-hydrogen) atoms. The number of nitrogens with zero attached hydrogens (tertiary/aromatic N) is 3. The van der Waals surface area contributed by atoms with Crippen LogP contribution in [0.25, 0.3) is 0 Å². The first-order chi connectivity index (χ1) is 8.70. The molecule has 0 radical (unpaired) electrons. The first-order valence-corrected chi connectivity index (χ1v) is 6.37. The Morgan fingerprint density at radius 1 is 1.28 bits per heavy atom. The van der Waals surface area contributed by atoms with Crippen LogP contribution in [0.5, 0.6) is 0 Å². The van der Waals surface area contributed by atoms with Gasteiger partial charge in [-0.05, 0) is 35.7 Å². The molecule has 1 heterocycles. The summed E-state index contributed by atoms with van der Waals surface area (Å²) in [5.41, 5.74) is 6.63. The van der Waals surface area contributed by atoms with Gasteiger partial charge in [-0.1, -0.05) is 17.7 Å². The molecule has 0 unspecified atom stereocenters. The molecule has 0 bridgehead atoms. The second-order valence-electron chi connectivity index (χ2n) is 3.37. The summed E-state index contributed by atoms with van der Waals surface area (Å²) in [6.07, 6.45) is 0. The molecule has 2 aromatic rings. The van der Waals surface area contributed by atoms with E-state index in [1.165, 1.54) is 16.5 Å². The zero-order valence-corrected chi connectivity index (χ0v) is 11.0. The molecule has 0 spiro atoms. The smallest absolute Gasteiger partial charge is 0.163 e. The van der Waals surface area contributed by atoms with Gasteiger partial charge < -0.3 is 5.73 Å². The van der Waals surface area contributed by atoms with Crippen LogP contribution in [0, 0.1) is 0 Å². The van der Waals surface area contributed by atoms with E-state index in [1.807, 2.05) is 17.5 Å². The van der Waals surface area contributed by atoms with E-state index < -0.39 is 0 Å². The highest BCUT2D eigenvalue weighted by atomic mass is 35.5. The first-order valence-electron chi connectivity index (χ1n) is 5.11. The Morgan fingerprint density at radius 2 is 2.00 bits per heavy atom. The first kappa shape index (κ1) is 12.6. The Hall–Kier alpha value is -1.85. The van der Waals surface area contributed by atoms with Crippen molar-refractivity contribution in [1.29, 1.82) is 0 Å². The van der Waals surface area contributed by atoms with Gasteiger partial charge >= 0.3 is 0 Å². The third kappa shape index (κ3) is 2.88. The molecule has 0 saturated carbocycles. The standard InChI is InChI=1S/C12H11ClN4S/c1-15-17(10-6-4-9(13)5-7-10)16-12(14)11-3-2-8-18-11/h2-8H,1H2,(H2,14,16). The number of hydrazone groups is 2. The molecule has 0 fully saturated rings. The normalized spacial score (nSPS) is 11.3. The van der Waals surface area contributed by atoms with E-state index in [0.29, 0.717) is 10.9 Å². The molecule has 1 aromatic carbocycles. The summed E-state index contributed by atoms with van der Waals surface area (Å²) in [6.45, 7) is 3.48. The number of hydrogen-bond donors (Lipinski definition) is 1. The number of rotatable bonds is 4. The highest BCUT2D eigenvalue weighted by Crippen LogP contribution is 2.19. The second-order valence-corrected chi connectivity index (χ2v) is 4.75. The molecule has 92 valence electrons. The van der Waals surface area contributed by atoms with Crippen molar-refractivity contribution >= 4 is 41.2 Å². The topological polar surface area (TPSA) is 54.0 Å². The maximum atomic E-state index is 5.89. The van der Waals surface area contributed by atoms with Gasteiger partial charge in [-0.15, -0.1) is 16.4 Å². The lowest BCUT2D eigenvalue weighted by Gasteiger charge is -2.12. The Balaban J connectivity index is 2.27. The van der Waals surface area contributed by atoms with Gasteiger partial charge in [0.1, 0.15) is 0 Å². The van der Waals surface area contributed by atoms with Gasteiger partial charge in [0.05, 0.1) is 10.6 Å². The summed E-state index contributed by atoms with van der Waals surface area (Å²) in [4.78, 5) is 0.887. The number of thiophene rings is 1. The minimum atomic E-state index is 0.396. The molecule has 0 saturated heterocycles. The predicted molar refractivity (Wildman–Crippen MR) is 78.5 cm³/mol. The van der Waals surface area contributed by atoms with Crippen molar-refractivity contribution in [2.75, 3.05) is 5.12 Å². The van der Waals surface area contributed by atoms with Crippen LogP contribution < -0.4 is 10.9 Å². The van der Waals surface area contributed by atoms with E-state index in [0.717, 1.165) is 10.6 Å². The molecule has 0 aliphatic heterocycles. The van der Waals surface area contributed by atoms with Crippen LogP contribution in [0.2, 0.25) is 5.02 Å². The van der Waals surface area contributed by atoms with Gasteiger partial charge in [0, 0.05) is 11.7 Å². The van der Waals surface area contributed by atoms with E-state index in [1.54, 1.807) is 24.3 Å². The van der Waals surface area contributed by atoms with E-state index >= 15 is 0 Å². The number of benzene rings is 1.